The SMILES string of the molecule is COc1ccc(NC(=O)C2CCCN(Cc3nc(-c4ccccc4Cl)no3)C2)cc1. The van der Waals surface area contributed by atoms with E-state index in [1.54, 1.807) is 13.2 Å². The smallest absolute Gasteiger partial charge is 0.241 e. The van der Waals surface area contributed by atoms with Crippen LogP contribution in [0, 0.1) is 5.92 Å². The van der Waals surface area contributed by atoms with Gasteiger partial charge in [-0.25, -0.2) is 0 Å². The number of nitrogens with one attached hydrogen (secondary N) is 1. The van der Waals surface area contributed by atoms with Gasteiger partial charge in [0.25, 0.3) is 0 Å². The molecule has 1 aliphatic rings. The Morgan fingerprint density at radius 2 is 2.07 bits per heavy atom. The van der Waals surface area contributed by atoms with E-state index < -0.39 is 0 Å². The molecule has 1 fully saturated rings. The Morgan fingerprint density at radius 3 is 2.83 bits per heavy atom. The van der Waals surface area contributed by atoms with Crippen molar-refractivity contribution in [1.82, 2.24) is 15.0 Å². The van der Waals surface area contributed by atoms with Crippen LogP contribution in [0.4, 0.5) is 5.69 Å². The van der Waals surface area contributed by atoms with E-state index in [4.69, 9.17) is 20.9 Å². The molecule has 1 amide bonds. The lowest BCUT2D eigenvalue weighted by molar-refractivity contribution is -0.121. The van der Waals surface area contributed by atoms with Crippen LogP contribution in [-0.2, 0) is 11.3 Å². The van der Waals surface area contributed by atoms with Gasteiger partial charge in [0.15, 0.2) is 0 Å². The maximum Gasteiger partial charge on any atom is 0.241 e. The summed E-state index contributed by atoms with van der Waals surface area (Å²) >= 11 is 6.21. The van der Waals surface area contributed by atoms with Gasteiger partial charge in [0.05, 0.1) is 24.6 Å². The molecule has 4 rings (SSSR count). The predicted molar refractivity (Wildman–Crippen MR) is 114 cm³/mol. The molecular weight excluding hydrogens is 404 g/mol. The third-order valence-corrected chi connectivity index (χ3v) is 5.51. The van der Waals surface area contributed by atoms with Crippen molar-refractivity contribution in [2.75, 3.05) is 25.5 Å². The minimum atomic E-state index is -0.0909. The fourth-order valence-electron chi connectivity index (χ4n) is 3.59. The van der Waals surface area contributed by atoms with Crippen LogP contribution >= 0.6 is 11.6 Å². The van der Waals surface area contributed by atoms with Crippen LogP contribution in [0.1, 0.15) is 18.7 Å². The highest BCUT2D eigenvalue weighted by atomic mass is 35.5. The molecule has 3 aromatic rings. The van der Waals surface area contributed by atoms with E-state index in [1.165, 1.54) is 0 Å². The third-order valence-electron chi connectivity index (χ3n) is 5.18. The quantitative estimate of drug-likeness (QED) is 0.634. The maximum atomic E-state index is 12.7. The second-order valence-corrected chi connectivity index (χ2v) is 7.69. The van der Waals surface area contributed by atoms with Crippen LogP contribution in [0.3, 0.4) is 0 Å². The van der Waals surface area contributed by atoms with Crippen molar-refractivity contribution in [3.8, 4) is 17.1 Å². The van der Waals surface area contributed by atoms with E-state index >= 15 is 0 Å². The Labute approximate surface area is 180 Å². The number of rotatable bonds is 6. The van der Waals surface area contributed by atoms with Crippen molar-refractivity contribution < 1.29 is 14.1 Å². The molecule has 1 aliphatic heterocycles. The van der Waals surface area contributed by atoms with Crippen molar-refractivity contribution in [1.29, 1.82) is 0 Å². The molecule has 0 bridgehead atoms. The van der Waals surface area contributed by atoms with Gasteiger partial charge >= 0.3 is 0 Å². The number of carbonyl (C=O) groups excluding carboxylic acids is 1. The van der Waals surface area contributed by atoms with Crippen LogP contribution in [0.15, 0.2) is 53.1 Å². The zero-order valence-electron chi connectivity index (χ0n) is 16.7. The highest BCUT2D eigenvalue weighted by molar-refractivity contribution is 6.33. The van der Waals surface area contributed by atoms with E-state index in [0.29, 0.717) is 29.8 Å². The predicted octanol–water partition coefficient (Wildman–Crippen LogP) is 4.25. The Hall–Kier alpha value is -2.90. The lowest BCUT2D eigenvalue weighted by Gasteiger charge is -2.30. The summed E-state index contributed by atoms with van der Waals surface area (Å²) in [6, 6.07) is 14.7. The number of amides is 1. The van der Waals surface area contributed by atoms with E-state index in [-0.39, 0.29) is 11.8 Å². The number of likely N-dealkylation sites (tertiary alicyclic amines) is 1. The highest BCUT2D eigenvalue weighted by Crippen LogP contribution is 2.26. The molecule has 1 N–H and O–H groups in total. The summed E-state index contributed by atoms with van der Waals surface area (Å²) in [5.41, 5.74) is 1.50. The minimum Gasteiger partial charge on any atom is -0.497 e. The number of anilines is 1. The number of piperidine rings is 1. The highest BCUT2D eigenvalue weighted by Gasteiger charge is 2.27. The average molecular weight is 427 g/mol. The molecular formula is C22H23ClN4O3. The summed E-state index contributed by atoms with van der Waals surface area (Å²) in [5.74, 6) is 1.68. The molecule has 156 valence electrons. The van der Waals surface area contributed by atoms with Gasteiger partial charge in [-0.3, -0.25) is 9.69 Å². The Morgan fingerprint density at radius 1 is 1.27 bits per heavy atom. The molecule has 0 saturated carbocycles. The number of halogens is 1. The fourth-order valence-corrected chi connectivity index (χ4v) is 3.81. The molecule has 1 atom stereocenters. The Bertz CT molecular complexity index is 1010. The molecule has 30 heavy (non-hydrogen) atoms. The summed E-state index contributed by atoms with van der Waals surface area (Å²) < 4.78 is 10.6. The van der Waals surface area contributed by atoms with Crippen molar-refractivity contribution in [2.24, 2.45) is 5.92 Å². The first-order valence-corrected chi connectivity index (χ1v) is 10.2. The summed E-state index contributed by atoms with van der Waals surface area (Å²) in [7, 11) is 1.62. The maximum absolute atomic E-state index is 12.7. The van der Waals surface area contributed by atoms with Crippen molar-refractivity contribution in [3.63, 3.8) is 0 Å². The van der Waals surface area contributed by atoms with Crippen molar-refractivity contribution in [3.05, 3.63) is 59.4 Å². The largest absolute Gasteiger partial charge is 0.497 e. The van der Waals surface area contributed by atoms with Crippen LogP contribution < -0.4 is 10.1 Å². The molecule has 8 heteroatoms. The first kappa shape index (κ1) is 20.4. The zero-order valence-corrected chi connectivity index (χ0v) is 17.4. The first-order valence-electron chi connectivity index (χ1n) is 9.87. The summed E-state index contributed by atoms with van der Waals surface area (Å²) in [4.78, 5) is 19.4. The van der Waals surface area contributed by atoms with Gasteiger partial charge < -0.3 is 14.6 Å². The average Bonchev–Trinajstić information content (AvgIpc) is 3.23. The first-order chi connectivity index (χ1) is 14.6. The fraction of sp³-hybridized carbons (Fsp3) is 0.318. The van der Waals surface area contributed by atoms with Gasteiger partial charge in [-0.15, -0.1) is 0 Å². The van der Waals surface area contributed by atoms with Crippen LogP contribution in [0.5, 0.6) is 5.75 Å². The number of methoxy groups -OCH3 is 1. The molecule has 0 spiro atoms. The minimum absolute atomic E-state index is 0.0205. The topological polar surface area (TPSA) is 80.5 Å². The van der Waals surface area contributed by atoms with Gasteiger partial charge in [0.2, 0.25) is 17.6 Å². The molecule has 1 saturated heterocycles. The lowest BCUT2D eigenvalue weighted by Crippen LogP contribution is -2.40. The van der Waals surface area contributed by atoms with Gasteiger partial charge in [0.1, 0.15) is 5.75 Å². The molecule has 0 aliphatic carbocycles. The number of nitrogens with zero attached hydrogens (tertiary/aromatic N) is 3. The van der Waals surface area contributed by atoms with Gasteiger partial charge in [-0.05, 0) is 55.8 Å². The number of carbonyl (C=O) groups is 1. The molecule has 2 heterocycles. The number of ether oxygens (including phenoxy) is 1. The zero-order chi connectivity index (χ0) is 20.9. The summed E-state index contributed by atoms with van der Waals surface area (Å²) in [5, 5.41) is 7.62. The van der Waals surface area contributed by atoms with Crippen molar-refractivity contribution in [2.45, 2.75) is 19.4 Å². The molecule has 1 aromatic heterocycles. The van der Waals surface area contributed by atoms with Gasteiger partial charge in [-0.1, -0.05) is 28.9 Å². The Kier molecular flexibility index (Phi) is 6.30. The third kappa shape index (κ3) is 4.80. The number of hydrogen-bond donors (Lipinski definition) is 1. The Balaban J connectivity index is 1.36. The van der Waals surface area contributed by atoms with Crippen LogP contribution in [0.25, 0.3) is 11.4 Å². The summed E-state index contributed by atoms with van der Waals surface area (Å²) in [6.45, 7) is 2.03. The standard InChI is InChI=1S/C22H23ClN4O3/c1-29-17-10-8-16(9-11-17)24-22(28)15-5-4-12-27(13-15)14-20-25-21(26-30-20)18-6-2-3-7-19(18)23/h2-3,6-11,15H,4-5,12-14H2,1H3,(H,24,28). The van der Waals surface area contributed by atoms with Crippen LogP contribution in [-0.4, -0.2) is 41.1 Å². The lowest BCUT2D eigenvalue weighted by atomic mass is 9.97. The van der Waals surface area contributed by atoms with E-state index in [0.717, 1.165) is 36.4 Å². The van der Waals surface area contributed by atoms with E-state index in [1.807, 2.05) is 42.5 Å². The molecule has 7 nitrogen and oxygen atoms in total. The summed E-state index contributed by atoms with van der Waals surface area (Å²) in [6.07, 6.45) is 1.79. The van der Waals surface area contributed by atoms with Crippen LogP contribution in [0.2, 0.25) is 5.02 Å². The number of benzene rings is 2. The van der Waals surface area contributed by atoms with E-state index in [9.17, 15) is 4.79 Å². The number of aromatic nitrogens is 2. The molecule has 1 unspecified atom stereocenters. The second-order valence-electron chi connectivity index (χ2n) is 7.28. The molecule has 2 aromatic carbocycles. The number of hydrogen-bond acceptors (Lipinski definition) is 6. The second kappa shape index (κ2) is 9.28. The van der Waals surface area contributed by atoms with Gasteiger partial charge in [-0.2, -0.15) is 4.98 Å². The molecule has 0 radical (unpaired) electrons. The van der Waals surface area contributed by atoms with Gasteiger partial charge in [0, 0.05) is 17.8 Å². The van der Waals surface area contributed by atoms with Crippen molar-refractivity contribution >= 4 is 23.2 Å². The van der Waals surface area contributed by atoms with E-state index in [2.05, 4.69) is 20.4 Å². The normalized spacial score (nSPS) is 16.9. The monoisotopic (exact) mass is 426 g/mol.